The van der Waals surface area contributed by atoms with E-state index in [1.54, 1.807) is 0 Å². The first-order chi connectivity index (χ1) is 4.75. The fourth-order valence-electron chi connectivity index (χ4n) is 1.76. The van der Waals surface area contributed by atoms with Crippen LogP contribution in [-0.2, 0) is 0 Å². The van der Waals surface area contributed by atoms with E-state index in [2.05, 4.69) is 6.92 Å². The Kier molecular flexibility index (Phi) is 2.69. The molecule has 1 aliphatic rings. The van der Waals surface area contributed by atoms with E-state index in [1.165, 1.54) is 6.42 Å². The molecule has 1 fully saturated rings. The Balaban J connectivity index is 2.42. The van der Waals surface area contributed by atoms with Crippen molar-refractivity contribution in [2.75, 3.05) is 6.54 Å². The van der Waals surface area contributed by atoms with Crippen molar-refractivity contribution >= 4 is 0 Å². The maximum Gasteiger partial charge on any atom is 0.0568 e. The average Bonchev–Trinajstić information content (AvgIpc) is 1.95. The zero-order valence-electron chi connectivity index (χ0n) is 6.59. The van der Waals surface area contributed by atoms with E-state index in [0.717, 1.165) is 19.4 Å². The van der Waals surface area contributed by atoms with Gasteiger partial charge in [0, 0.05) is 0 Å². The molecular formula is C8H17NO. The highest BCUT2D eigenvalue weighted by molar-refractivity contribution is 4.78. The fourth-order valence-corrected chi connectivity index (χ4v) is 1.76. The van der Waals surface area contributed by atoms with Crippen molar-refractivity contribution in [3.05, 3.63) is 0 Å². The highest BCUT2D eigenvalue weighted by Crippen LogP contribution is 2.28. The van der Waals surface area contributed by atoms with Gasteiger partial charge in [-0.15, -0.1) is 0 Å². The Morgan fingerprint density at radius 3 is 2.70 bits per heavy atom. The Hall–Kier alpha value is -0.0800. The van der Waals surface area contributed by atoms with Crippen molar-refractivity contribution in [1.29, 1.82) is 0 Å². The molecule has 0 aromatic heterocycles. The summed E-state index contributed by atoms with van der Waals surface area (Å²) in [5.74, 6) is 0.975. The van der Waals surface area contributed by atoms with E-state index in [0.29, 0.717) is 11.8 Å². The molecule has 1 rings (SSSR count). The summed E-state index contributed by atoms with van der Waals surface area (Å²) in [5.41, 5.74) is 5.54. The Labute approximate surface area is 62.4 Å². The van der Waals surface area contributed by atoms with Gasteiger partial charge in [0.2, 0.25) is 0 Å². The SMILES string of the molecule is CC1C(O)CCCC1CN. The molecule has 2 heteroatoms. The summed E-state index contributed by atoms with van der Waals surface area (Å²) in [4.78, 5) is 0. The second-order valence-electron chi connectivity index (χ2n) is 3.35. The van der Waals surface area contributed by atoms with Crippen molar-refractivity contribution in [3.8, 4) is 0 Å². The van der Waals surface area contributed by atoms with Gasteiger partial charge >= 0.3 is 0 Å². The minimum absolute atomic E-state index is 0.0951. The zero-order chi connectivity index (χ0) is 7.56. The second-order valence-corrected chi connectivity index (χ2v) is 3.35. The van der Waals surface area contributed by atoms with Gasteiger partial charge in [-0.25, -0.2) is 0 Å². The molecule has 1 aliphatic carbocycles. The van der Waals surface area contributed by atoms with Crippen LogP contribution in [-0.4, -0.2) is 17.8 Å². The van der Waals surface area contributed by atoms with Gasteiger partial charge in [0.15, 0.2) is 0 Å². The molecule has 0 amide bonds. The van der Waals surface area contributed by atoms with E-state index in [1.807, 2.05) is 0 Å². The quantitative estimate of drug-likeness (QED) is 0.568. The first kappa shape index (κ1) is 8.02. The molecule has 0 spiro atoms. The predicted octanol–water partition coefficient (Wildman–Crippen LogP) is 0.742. The van der Waals surface area contributed by atoms with Gasteiger partial charge in [0.25, 0.3) is 0 Å². The lowest BCUT2D eigenvalue weighted by atomic mass is 9.78. The van der Waals surface area contributed by atoms with Crippen molar-refractivity contribution in [1.82, 2.24) is 0 Å². The number of hydrogen-bond donors (Lipinski definition) is 2. The van der Waals surface area contributed by atoms with Crippen molar-refractivity contribution in [2.24, 2.45) is 17.6 Å². The molecule has 1 saturated carbocycles. The molecule has 0 aromatic carbocycles. The van der Waals surface area contributed by atoms with E-state index >= 15 is 0 Å². The number of hydrogen-bond acceptors (Lipinski definition) is 2. The molecular weight excluding hydrogens is 126 g/mol. The normalized spacial score (nSPS) is 41.7. The third-order valence-electron chi connectivity index (χ3n) is 2.73. The maximum atomic E-state index is 9.42. The van der Waals surface area contributed by atoms with Gasteiger partial charge in [-0.2, -0.15) is 0 Å². The molecule has 60 valence electrons. The van der Waals surface area contributed by atoms with Crippen LogP contribution in [0.4, 0.5) is 0 Å². The topological polar surface area (TPSA) is 46.2 Å². The third kappa shape index (κ3) is 1.50. The van der Waals surface area contributed by atoms with Crippen LogP contribution >= 0.6 is 0 Å². The molecule has 0 bridgehead atoms. The Morgan fingerprint density at radius 2 is 2.20 bits per heavy atom. The molecule has 0 radical (unpaired) electrons. The molecule has 3 unspecified atom stereocenters. The minimum Gasteiger partial charge on any atom is -0.393 e. The molecule has 10 heavy (non-hydrogen) atoms. The molecule has 2 nitrogen and oxygen atoms in total. The Bertz CT molecular complexity index is 105. The molecule has 3 atom stereocenters. The lowest BCUT2D eigenvalue weighted by Gasteiger charge is -2.31. The first-order valence-electron chi connectivity index (χ1n) is 4.14. The highest BCUT2D eigenvalue weighted by atomic mass is 16.3. The molecule has 0 saturated heterocycles. The van der Waals surface area contributed by atoms with E-state index in [4.69, 9.17) is 5.73 Å². The van der Waals surface area contributed by atoms with Gasteiger partial charge in [-0.3, -0.25) is 0 Å². The highest BCUT2D eigenvalue weighted by Gasteiger charge is 2.26. The second kappa shape index (κ2) is 3.35. The van der Waals surface area contributed by atoms with Crippen LogP contribution in [0.15, 0.2) is 0 Å². The van der Waals surface area contributed by atoms with E-state index in [-0.39, 0.29) is 6.10 Å². The molecule has 0 aromatic rings. The summed E-state index contributed by atoms with van der Waals surface area (Å²) in [5, 5.41) is 9.42. The molecule has 0 aliphatic heterocycles. The minimum atomic E-state index is -0.0951. The summed E-state index contributed by atoms with van der Waals surface area (Å²) >= 11 is 0. The summed E-state index contributed by atoms with van der Waals surface area (Å²) in [7, 11) is 0. The third-order valence-corrected chi connectivity index (χ3v) is 2.73. The van der Waals surface area contributed by atoms with Gasteiger partial charge in [-0.1, -0.05) is 13.3 Å². The van der Waals surface area contributed by atoms with Crippen LogP contribution in [0.25, 0.3) is 0 Å². The number of aliphatic hydroxyl groups is 1. The number of nitrogens with two attached hydrogens (primary N) is 1. The van der Waals surface area contributed by atoms with E-state index in [9.17, 15) is 5.11 Å². The number of aliphatic hydroxyl groups excluding tert-OH is 1. The summed E-state index contributed by atoms with van der Waals surface area (Å²) < 4.78 is 0. The van der Waals surface area contributed by atoms with Crippen LogP contribution in [0.2, 0.25) is 0 Å². The Morgan fingerprint density at radius 1 is 1.50 bits per heavy atom. The predicted molar refractivity (Wildman–Crippen MR) is 41.6 cm³/mol. The van der Waals surface area contributed by atoms with Gasteiger partial charge in [0.05, 0.1) is 6.10 Å². The lowest BCUT2D eigenvalue weighted by molar-refractivity contribution is 0.0454. The van der Waals surface area contributed by atoms with Gasteiger partial charge in [0.1, 0.15) is 0 Å². The van der Waals surface area contributed by atoms with Crippen LogP contribution in [0.1, 0.15) is 26.2 Å². The molecule has 3 N–H and O–H groups in total. The fraction of sp³-hybridized carbons (Fsp3) is 1.00. The monoisotopic (exact) mass is 143 g/mol. The zero-order valence-corrected chi connectivity index (χ0v) is 6.59. The summed E-state index contributed by atoms with van der Waals surface area (Å²) in [6.07, 6.45) is 3.22. The van der Waals surface area contributed by atoms with Crippen molar-refractivity contribution in [2.45, 2.75) is 32.3 Å². The average molecular weight is 143 g/mol. The smallest absolute Gasteiger partial charge is 0.0568 e. The van der Waals surface area contributed by atoms with Gasteiger partial charge in [-0.05, 0) is 31.2 Å². The number of rotatable bonds is 1. The van der Waals surface area contributed by atoms with Crippen LogP contribution < -0.4 is 5.73 Å². The largest absolute Gasteiger partial charge is 0.393 e. The van der Waals surface area contributed by atoms with Crippen LogP contribution in [0.3, 0.4) is 0 Å². The van der Waals surface area contributed by atoms with Crippen molar-refractivity contribution in [3.63, 3.8) is 0 Å². The van der Waals surface area contributed by atoms with E-state index < -0.39 is 0 Å². The standard InChI is InChI=1S/C8H17NO/c1-6-7(5-9)3-2-4-8(6)10/h6-8,10H,2-5,9H2,1H3. The maximum absolute atomic E-state index is 9.42. The van der Waals surface area contributed by atoms with Gasteiger partial charge < -0.3 is 10.8 Å². The summed E-state index contributed by atoms with van der Waals surface area (Å²) in [6.45, 7) is 2.83. The van der Waals surface area contributed by atoms with Crippen LogP contribution in [0.5, 0.6) is 0 Å². The lowest BCUT2D eigenvalue weighted by Crippen LogP contribution is -2.34. The molecule has 0 heterocycles. The van der Waals surface area contributed by atoms with Crippen molar-refractivity contribution < 1.29 is 5.11 Å². The summed E-state index contributed by atoms with van der Waals surface area (Å²) in [6, 6.07) is 0. The first-order valence-corrected chi connectivity index (χ1v) is 4.14. The van der Waals surface area contributed by atoms with Crippen LogP contribution in [0, 0.1) is 11.8 Å².